The number of nitrogens with two attached hydrogens (primary N) is 1. The van der Waals surface area contributed by atoms with Gasteiger partial charge in [-0.3, -0.25) is 0 Å². The zero-order valence-electron chi connectivity index (χ0n) is 10.2. The van der Waals surface area contributed by atoms with Crippen molar-refractivity contribution in [2.75, 3.05) is 5.73 Å². The van der Waals surface area contributed by atoms with Gasteiger partial charge >= 0.3 is 0 Å². The second kappa shape index (κ2) is 4.54. The number of halogens is 2. The molecule has 1 aromatic heterocycles. The SMILES string of the molecule is Cn1c(-c2cc(N)ccc2Cl)nc2cc(Br)ccc21. The van der Waals surface area contributed by atoms with Gasteiger partial charge in [-0.15, -0.1) is 0 Å². The Bertz CT molecular complexity index is 780. The predicted molar refractivity (Wildman–Crippen MR) is 83.3 cm³/mol. The Morgan fingerprint density at radius 1 is 1.21 bits per heavy atom. The highest BCUT2D eigenvalue weighted by Crippen LogP contribution is 2.31. The Balaban J connectivity index is 2.30. The molecule has 0 saturated carbocycles. The number of hydrogen-bond acceptors (Lipinski definition) is 2. The first-order valence-electron chi connectivity index (χ1n) is 5.73. The lowest BCUT2D eigenvalue weighted by molar-refractivity contribution is 0.959. The molecule has 0 bridgehead atoms. The molecule has 0 radical (unpaired) electrons. The predicted octanol–water partition coefficient (Wildman–Crippen LogP) is 4.24. The number of fused-ring (bicyclic) bond motifs is 1. The largest absolute Gasteiger partial charge is 0.399 e. The van der Waals surface area contributed by atoms with Gasteiger partial charge in [0, 0.05) is 22.8 Å². The van der Waals surface area contributed by atoms with Crippen molar-refractivity contribution in [1.29, 1.82) is 0 Å². The van der Waals surface area contributed by atoms with Crippen LogP contribution in [0.5, 0.6) is 0 Å². The number of hydrogen-bond donors (Lipinski definition) is 1. The number of nitrogens with zero attached hydrogens (tertiary/aromatic N) is 2. The Morgan fingerprint density at radius 2 is 2.00 bits per heavy atom. The molecule has 0 spiro atoms. The molecule has 0 saturated heterocycles. The van der Waals surface area contributed by atoms with Gasteiger partial charge in [0.2, 0.25) is 0 Å². The third kappa shape index (κ3) is 2.11. The zero-order valence-corrected chi connectivity index (χ0v) is 12.5. The number of aromatic nitrogens is 2. The molecule has 0 atom stereocenters. The van der Waals surface area contributed by atoms with Crippen molar-refractivity contribution in [3.05, 3.63) is 45.9 Å². The molecule has 0 amide bonds. The lowest BCUT2D eigenvalue weighted by atomic mass is 10.2. The molecule has 0 fully saturated rings. The molecule has 1 heterocycles. The van der Waals surface area contributed by atoms with E-state index in [1.807, 2.05) is 35.9 Å². The van der Waals surface area contributed by atoms with Gasteiger partial charge < -0.3 is 10.3 Å². The quantitative estimate of drug-likeness (QED) is 0.676. The first-order valence-corrected chi connectivity index (χ1v) is 6.91. The van der Waals surface area contributed by atoms with Crippen molar-refractivity contribution in [1.82, 2.24) is 9.55 Å². The van der Waals surface area contributed by atoms with E-state index < -0.39 is 0 Å². The molecule has 3 nitrogen and oxygen atoms in total. The topological polar surface area (TPSA) is 43.8 Å². The third-order valence-electron chi connectivity index (χ3n) is 3.07. The minimum atomic E-state index is 0.645. The van der Waals surface area contributed by atoms with E-state index in [0.717, 1.165) is 26.9 Å². The van der Waals surface area contributed by atoms with Crippen LogP contribution in [-0.4, -0.2) is 9.55 Å². The van der Waals surface area contributed by atoms with Gasteiger partial charge in [-0.1, -0.05) is 27.5 Å². The van der Waals surface area contributed by atoms with Gasteiger partial charge in [0.25, 0.3) is 0 Å². The first kappa shape index (κ1) is 12.5. The van der Waals surface area contributed by atoms with Crippen LogP contribution in [-0.2, 0) is 7.05 Å². The van der Waals surface area contributed by atoms with Crippen molar-refractivity contribution in [2.45, 2.75) is 0 Å². The molecule has 2 N–H and O–H groups in total. The number of aryl methyl sites for hydroxylation is 1. The van der Waals surface area contributed by atoms with Crippen LogP contribution < -0.4 is 5.73 Å². The number of rotatable bonds is 1. The van der Waals surface area contributed by atoms with Crippen LogP contribution in [0, 0.1) is 0 Å². The Labute approximate surface area is 124 Å². The van der Waals surface area contributed by atoms with E-state index in [-0.39, 0.29) is 0 Å². The molecule has 5 heteroatoms. The number of imidazole rings is 1. The van der Waals surface area contributed by atoms with Crippen LogP contribution in [0.4, 0.5) is 5.69 Å². The molecule has 0 unspecified atom stereocenters. The molecule has 3 aromatic rings. The maximum absolute atomic E-state index is 6.24. The van der Waals surface area contributed by atoms with Gasteiger partial charge in [-0.05, 0) is 36.4 Å². The average Bonchev–Trinajstić information content (AvgIpc) is 2.69. The van der Waals surface area contributed by atoms with E-state index in [0.29, 0.717) is 10.7 Å². The molecule has 0 aliphatic heterocycles. The van der Waals surface area contributed by atoms with E-state index in [2.05, 4.69) is 20.9 Å². The average molecular weight is 337 g/mol. The Morgan fingerprint density at radius 3 is 2.79 bits per heavy atom. The summed E-state index contributed by atoms with van der Waals surface area (Å²) in [5, 5.41) is 0.645. The molecule has 2 aromatic carbocycles. The third-order valence-corrected chi connectivity index (χ3v) is 3.90. The molecule has 19 heavy (non-hydrogen) atoms. The van der Waals surface area contributed by atoms with E-state index in [9.17, 15) is 0 Å². The lowest BCUT2D eigenvalue weighted by Crippen LogP contribution is -1.94. The minimum Gasteiger partial charge on any atom is -0.399 e. The normalized spacial score (nSPS) is 11.1. The van der Waals surface area contributed by atoms with Crippen LogP contribution in [0.3, 0.4) is 0 Å². The highest BCUT2D eigenvalue weighted by atomic mass is 79.9. The summed E-state index contributed by atoms with van der Waals surface area (Å²) in [4.78, 5) is 4.64. The smallest absolute Gasteiger partial charge is 0.142 e. The van der Waals surface area contributed by atoms with Crippen LogP contribution in [0.25, 0.3) is 22.4 Å². The van der Waals surface area contributed by atoms with E-state index in [4.69, 9.17) is 17.3 Å². The van der Waals surface area contributed by atoms with Gasteiger partial charge in [-0.2, -0.15) is 0 Å². The van der Waals surface area contributed by atoms with E-state index in [1.54, 1.807) is 12.1 Å². The fraction of sp³-hybridized carbons (Fsp3) is 0.0714. The summed E-state index contributed by atoms with van der Waals surface area (Å²) in [5.41, 5.74) is 9.32. The maximum atomic E-state index is 6.24. The second-order valence-corrected chi connectivity index (χ2v) is 5.69. The molecular weight excluding hydrogens is 326 g/mol. The highest BCUT2D eigenvalue weighted by molar-refractivity contribution is 9.10. The fourth-order valence-corrected chi connectivity index (χ4v) is 2.68. The lowest BCUT2D eigenvalue weighted by Gasteiger charge is -2.05. The van der Waals surface area contributed by atoms with Gasteiger partial charge in [-0.25, -0.2) is 4.98 Å². The summed E-state index contributed by atoms with van der Waals surface area (Å²) >= 11 is 9.70. The van der Waals surface area contributed by atoms with E-state index >= 15 is 0 Å². The highest BCUT2D eigenvalue weighted by Gasteiger charge is 2.13. The second-order valence-electron chi connectivity index (χ2n) is 4.37. The van der Waals surface area contributed by atoms with Crippen molar-refractivity contribution < 1.29 is 0 Å². The summed E-state index contributed by atoms with van der Waals surface area (Å²) < 4.78 is 3.02. The van der Waals surface area contributed by atoms with Crippen LogP contribution in [0.15, 0.2) is 40.9 Å². The summed E-state index contributed by atoms with van der Waals surface area (Å²) in [6.07, 6.45) is 0. The molecule has 96 valence electrons. The van der Waals surface area contributed by atoms with Crippen molar-refractivity contribution in [3.8, 4) is 11.4 Å². The number of nitrogen functional groups attached to an aromatic ring is 1. The summed E-state index contributed by atoms with van der Waals surface area (Å²) in [6, 6.07) is 11.4. The molecule has 3 rings (SSSR count). The minimum absolute atomic E-state index is 0.645. The van der Waals surface area contributed by atoms with E-state index in [1.165, 1.54) is 0 Å². The van der Waals surface area contributed by atoms with Crippen molar-refractivity contribution >= 4 is 44.3 Å². The Hall–Kier alpha value is -1.52. The number of benzene rings is 2. The monoisotopic (exact) mass is 335 g/mol. The Kier molecular flexibility index (Phi) is 2.99. The number of anilines is 1. The molecular formula is C14H11BrClN3. The van der Waals surface area contributed by atoms with Crippen molar-refractivity contribution in [3.63, 3.8) is 0 Å². The summed E-state index contributed by atoms with van der Waals surface area (Å²) in [7, 11) is 1.97. The van der Waals surface area contributed by atoms with Gasteiger partial charge in [0.15, 0.2) is 0 Å². The maximum Gasteiger partial charge on any atom is 0.142 e. The van der Waals surface area contributed by atoms with Crippen LogP contribution >= 0.6 is 27.5 Å². The summed E-state index contributed by atoms with van der Waals surface area (Å²) in [5.74, 6) is 0.811. The van der Waals surface area contributed by atoms with Gasteiger partial charge in [0.05, 0.1) is 16.1 Å². The summed E-state index contributed by atoms with van der Waals surface area (Å²) in [6.45, 7) is 0. The van der Waals surface area contributed by atoms with Crippen LogP contribution in [0.1, 0.15) is 0 Å². The van der Waals surface area contributed by atoms with Crippen LogP contribution in [0.2, 0.25) is 5.02 Å². The zero-order chi connectivity index (χ0) is 13.6. The molecule has 0 aliphatic carbocycles. The van der Waals surface area contributed by atoms with Crippen molar-refractivity contribution in [2.24, 2.45) is 7.05 Å². The molecule has 0 aliphatic rings. The van der Waals surface area contributed by atoms with Gasteiger partial charge in [0.1, 0.15) is 5.82 Å². The fourth-order valence-electron chi connectivity index (χ4n) is 2.13. The standard InChI is InChI=1S/C14H11BrClN3/c1-19-13-5-2-8(15)6-12(13)18-14(19)10-7-9(17)3-4-11(10)16/h2-7H,17H2,1H3. The first-order chi connectivity index (χ1) is 9.06.